The van der Waals surface area contributed by atoms with Crippen molar-refractivity contribution in [2.75, 3.05) is 32.0 Å². The second kappa shape index (κ2) is 6.68. The first-order valence-corrected chi connectivity index (χ1v) is 6.92. The summed E-state index contributed by atoms with van der Waals surface area (Å²) in [5.41, 5.74) is 2.04. The summed E-state index contributed by atoms with van der Waals surface area (Å²) in [5.74, 6) is 0.0617. The van der Waals surface area contributed by atoms with Crippen LogP contribution < -0.4 is 10.6 Å². The van der Waals surface area contributed by atoms with Crippen LogP contribution in [0.25, 0.3) is 0 Å². The summed E-state index contributed by atoms with van der Waals surface area (Å²) < 4.78 is 0. The standard InChI is InChI=1S/C15H23N3O/c1-12-4-3-5-13(10-12)17-15(19)11-18(2)14-6-8-16-9-7-14/h3-5,10,14,16H,6-9,11H2,1-2H3,(H,17,19). The number of hydrogen-bond donors (Lipinski definition) is 2. The molecule has 0 aromatic heterocycles. The molecule has 19 heavy (non-hydrogen) atoms. The van der Waals surface area contributed by atoms with Crippen molar-refractivity contribution in [3.8, 4) is 0 Å². The van der Waals surface area contributed by atoms with E-state index < -0.39 is 0 Å². The van der Waals surface area contributed by atoms with Gasteiger partial charge in [-0.2, -0.15) is 0 Å². The molecular weight excluding hydrogens is 238 g/mol. The minimum absolute atomic E-state index is 0.0617. The van der Waals surface area contributed by atoms with E-state index >= 15 is 0 Å². The lowest BCUT2D eigenvalue weighted by molar-refractivity contribution is -0.117. The van der Waals surface area contributed by atoms with Crippen LogP contribution in [-0.4, -0.2) is 43.5 Å². The minimum atomic E-state index is 0.0617. The Hall–Kier alpha value is -1.39. The van der Waals surface area contributed by atoms with Gasteiger partial charge in [0.2, 0.25) is 5.91 Å². The van der Waals surface area contributed by atoms with Gasteiger partial charge in [0, 0.05) is 11.7 Å². The number of nitrogens with zero attached hydrogens (tertiary/aromatic N) is 1. The highest BCUT2D eigenvalue weighted by Crippen LogP contribution is 2.11. The Labute approximate surface area is 115 Å². The third kappa shape index (κ3) is 4.33. The quantitative estimate of drug-likeness (QED) is 0.865. The maximum atomic E-state index is 12.0. The van der Waals surface area contributed by atoms with Crippen molar-refractivity contribution in [2.24, 2.45) is 0 Å². The van der Waals surface area contributed by atoms with Crippen LogP contribution in [0.2, 0.25) is 0 Å². The van der Waals surface area contributed by atoms with Gasteiger partial charge in [-0.05, 0) is 57.6 Å². The Balaban J connectivity index is 1.83. The lowest BCUT2D eigenvalue weighted by Crippen LogP contribution is -2.44. The van der Waals surface area contributed by atoms with Crippen molar-refractivity contribution < 1.29 is 4.79 Å². The third-order valence-corrected chi connectivity index (χ3v) is 3.63. The molecule has 0 radical (unpaired) electrons. The van der Waals surface area contributed by atoms with Crippen molar-refractivity contribution in [3.05, 3.63) is 29.8 Å². The van der Waals surface area contributed by atoms with E-state index in [1.165, 1.54) is 0 Å². The number of nitrogens with one attached hydrogen (secondary N) is 2. The molecule has 1 amide bonds. The summed E-state index contributed by atoms with van der Waals surface area (Å²) in [7, 11) is 2.03. The van der Waals surface area contributed by atoms with Gasteiger partial charge in [-0.25, -0.2) is 0 Å². The van der Waals surface area contributed by atoms with Gasteiger partial charge in [0.15, 0.2) is 0 Å². The molecule has 2 rings (SSSR count). The number of aryl methyl sites for hydroxylation is 1. The first-order chi connectivity index (χ1) is 9.15. The van der Waals surface area contributed by atoms with Gasteiger partial charge in [0.25, 0.3) is 0 Å². The number of hydrogen-bond acceptors (Lipinski definition) is 3. The van der Waals surface area contributed by atoms with E-state index in [1.807, 2.05) is 38.2 Å². The number of carbonyl (C=O) groups excluding carboxylic acids is 1. The van der Waals surface area contributed by atoms with E-state index in [9.17, 15) is 4.79 Å². The summed E-state index contributed by atoms with van der Waals surface area (Å²) in [6, 6.07) is 8.42. The molecule has 4 nitrogen and oxygen atoms in total. The second-order valence-electron chi connectivity index (χ2n) is 5.31. The van der Waals surface area contributed by atoms with E-state index in [-0.39, 0.29) is 5.91 Å². The van der Waals surface area contributed by atoms with Crippen LogP contribution in [0.15, 0.2) is 24.3 Å². The van der Waals surface area contributed by atoms with Gasteiger partial charge in [-0.3, -0.25) is 9.69 Å². The summed E-state index contributed by atoms with van der Waals surface area (Å²) in [6.45, 7) is 4.58. The van der Waals surface area contributed by atoms with Crippen molar-refractivity contribution in [3.63, 3.8) is 0 Å². The predicted octanol–water partition coefficient (Wildman–Crippen LogP) is 1.62. The van der Waals surface area contributed by atoms with Gasteiger partial charge in [-0.15, -0.1) is 0 Å². The van der Waals surface area contributed by atoms with Gasteiger partial charge >= 0.3 is 0 Å². The Morgan fingerprint density at radius 1 is 1.42 bits per heavy atom. The monoisotopic (exact) mass is 261 g/mol. The van der Waals surface area contributed by atoms with Crippen LogP contribution in [0.3, 0.4) is 0 Å². The topological polar surface area (TPSA) is 44.4 Å². The largest absolute Gasteiger partial charge is 0.325 e. The molecule has 1 fully saturated rings. The van der Waals surface area contributed by atoms with Crippen molar-refractivity contribution in [1.82, 2.24) is 10.2 Å². The highest BCUT2D eigenvalue weighted by atomic mass is 16.2. The van der Waals surface area contributed by atoms with Crippen molar-refractivity contribution in [1.29, 1.82) is 0 Å². The number of piperidine rings is 1. The van der Waals surface area contributed by atoms with Crippen molar-refractivity contribution in [2.45, 2.75) is 25.8 Å². The molecule has 0 bridgehead atoms. The highest BCUT2D eigenvalue weighted by molar-refractivity contribution is 5.92. The zero-order valence-electron chi connectivity index (χ0n) is 11.8. The van der Waals surface area contributed by atoms with Crippen LogP contribution >= 0.6 is 0 Å². The zero-order valence-corrected chi connectivity index (χ0v) is 11.8. The van der Waals surface area contributed by atoms with E-state index in [4.69, 9.17) is 0 Å². The van der Waals surface area contributed by atoms with E-state index in [2.05, 4.69) is 15.5 Å². The lowest BCUT2D eigenvalue weighted by Gasteiger charge is -2.31. The van der Waals surface area contributed by atoms with Gasteiger partial charge in [0.1, 0.15) is 0 Å². The van der Waals surface area contributed by atoms with Gasteiger partial charge in [0.05, 0.1) is 6.54 Å². The number of carbonyl (C=O) groups is 1. The molecule has 4 heteroatoms. The molecule has 0 unspecified atom stereocenters. The van der Waals surface area contributed by atoms with E-state index in [0.29, 0.717) is 12.6 Å². The fourth-order valence-electron chi connectivity index (χ4n) is 2.53. The molecule has 0 aliphatic carbocycles. The third-order valence-electron chi connectivity index (χ3n) is 3.63. The van der Waals surface area contributed by atoms with Crippen LogP contribution in [0, 0.1) is 6.92 Å². The van der Waals surface area contributed by atoms with Crippen LogP contribution in [0.4, 0.5) is 5.69 Å². The van der Waals surface area contributed by atoms with Gasteiger partial charge < -0.3 is 10.6 Å². The summed E-state index contributed by atoms with van der Waals surface area (Å²) in [4.78, 5) is 14.2. The molecule has 1 saturated heterocycles. The first-order valence-electron chi connectivity index (χ1n) is 6.92. The summed E-state index contributed by atoms with van der Waals surface area (Å²) in [5, 5.41) is 6.30. The molecule has 0 saturated carbocycles. The second-order valence-corrected chi connectivity index (χ2v) is 5.31. The Morgan fingerprint density at radius 3 is 2.84 bits per heavy atom. The summed E-state index contributed by atoms with van der Waals surface area (Å²) >= 11 is 0. The average Bonchev–Trinajstić information content (AvgIpc) is 2.39. The SMILES string of the molecule is Cc1cccc(NC(=O)CN(C)C2CCNCC2)c1. The lowest BCUT2D eigenvalue weighted by atomic mass is 10.1. The molecule has 1 heterocycles. The molecule has 1 aromatic rings. The van der Waals surface area contributed by atoms with Crippen LogP contribution in [0.5, 0.6) is 0 Å². The molecular formula is C15H23N3O. The Morgan fingerprint density at radius 2 is 2.16 bits per heavy atom. The van der Waals surface area contributed by atoms with Crippen LogP contribution in [0.1, 0.15) is 18.4 Å². The molecule has 0 atom stereocenters. The predicted molar refractivity (Wildman–Crippen MR) is 78.3 cm³/mol. The number of likely N-dealkylation sites (N-methyl/N-ethyl adjacent to an activating group) is 1. The van der Waals surface area contributed by atoms with Crippen LogP contribution in [-0.2, 0) is 4.79 Å². The van der Waals surface area contributed by atoms with E-state index in [1.54, 1.807) is 0 Å². The maximum absolute atomic E-state index is 12.0. The molecule has 0 spiro atoms. The Kier molecular flexibility index (Phi) is 4.93. The minimum Gasteiger partial charge on any atom is -0.325 e. The van der Waals surface area contributed by atoms with Gasteiger partial charge in [-0.1, -0.05) is 12.1 Å². The molecule has 1 aromatic carbocycles. The fraction of sp³-hybridized carbons (Fsp3) is 0.533. The number of rotatable bonds is 4. The Bertz CT molecular complexity index is 427. The molecule has 1 aliphatic heterocycles. The van der Waals surface area contributed by atoms with E-state index in [0.717, 1.165) is 37.2 Å². The molecule has 1 aliphatic rings. The highest BCUT2D eigenvalue weighted by Gasteiger charge is 2.19. The maximum Gasteiger partial charge on any atom is 0.238 e. The number of benzene rings is 1. The smallest absolute Gasteiger partial charge is 0.238 e. The molecule has 2 N–H and O–H groups in total. The fourth-order valence-corrected chi connectivity index (χ4v) is 2.53. The average molecular weight is 261 g/mol. The zero-order chi connectivity index (χ0) is 13.7. The molecule has 104 valence electrons. The number of amides is 1. The normalized spacial score (nSPS) is 16.6. The summed E-state index contributed by atoms with van der Waals surface area (Å²) in [6.07, 6.45) is 2.24. The first kappa shape index (κ1) is 14.0. The van der Waals surface area contributed by atoms with Crippen molar-refractivity contribution >= 4 is 11.6 Å². The number of anilines is 1.